The minimum Gasteiger partial charge on any atom is -0.497 e. The van der Waals surface area contributed by atoms with E-state index >= 15 is 0 Å². The largest absolute Gasteiger partial charge is 0.497 e. The Hall–Kier alpha value is -1.88. The standard InChI is InChI=1S/C16H24N2O7S/c1-3-10-17-16(19)25-18(24-14-8-11-23-12-9-14)26(20,21)15-6-4-13(22-2)5-7-15/h4-7,14H,3,8-12H2,1-2H3,(H,17,19). The van der Waals surface area contributed by atoms with Crippen molar-refractivity contribution in [3.05, 3.63) is 24.3 Å². The van der Waals surface area contributed by atoms with E-state index in [0.29, 0.717) is 44.8 Å². The first kappa shape index (κ1) is 20.4. The molecule has 1 heterocycles. The number of benzene rings is 1. The molecule has 26 heavy (non-hydrogen) atoms. The van der Waals surface area contributed by atoms with Crippen molar-refractivity contribution in [2.75, 3.05) is 26.9 Å². The van der Waals surface area contributed by atoms with Gasteiger partial charge in [-0.2, -0.15) is 0 Å². The molecule has 0 atom stereocenters. The van der Waals surface area contributed by atoms with Gasteiger partial charge in [0.05, 0.1) is 18.1 Å². The molecule has 0 aliphatic carbocycles. The van der Waals surface area contributed by atoms with E-state index in [9.17, 15) is 13.2 Å². The van der Waals surface area contributed by atoms with Crippen molar-refractivity contribution in [3.63, 3.8) is 0 Å². The van der Waals surface area contributed by atoms with Crippen LogP contribution in [0.2, 0.25) is 0 Å². The predicted octanol–water partition coefficient (Wildman–Crippen LogP) is 1.85. The second kappa shape index (κ2) is 9.72. The first-order chi connectivity index (χ1) is 12.5. The number of ether oxygens (including phenoxy) is 2. The van der Waals surface area contributed by atoms with Gasteiger partial charge in [0.1, 0.15) is 10.4 Å². The van der Waals surface area contributed by atoms with E-state index in [0.717, 1.165) is 0 Å². The van der Waals surface area contributed by atoms with Crippen LogP contribution in [-0.2, 0) is 24.4 Å². The van der Waals surface area contributed by atoms with Gasteiger partial charge in [-0.25, -0.2) is 18.0 Å². The molecule has 0 unspecified atom stereocenters. The molecule has 0 spiro atoms. The molecule has 9 nitrogen and oxygen atoms in total. The Morgan fingerprint density at radius 3 is 2.50 bits per heavy atom. The van der Waals surface area contributed by atoms with Gasteiger partial charge in [0.15, 0.2) is 0 Å². The van der Waals surface area contributed by atoms with Crippen LogP contribution in [0.15, 0.2) is 29.2 Å². The molecule has 10 heteroatoms. The van der Waals surface area contributed by atoms with Gasteiger partial charge in [-0.3, -0.25) is 0 Å². The third-order valence-electron chi connectivity index (χ3n) is 3.63. The Bertz CT molecular complexity index is 672. The quantitative estimate of drug-likeness (QED) is 0.678. The van der Waals surface area contributed by atoms with Crippen LogP contribution in [0.5, 0.6) is 5.75 Å². The van der Waals surface area contributed by atoms with Crippen LogP contribution in [-0.4, -0.2) is 52.1 Å². The zero-order valence-electron chi connectivity index (χ0n) is 14.8. The number of sulfonamides is 1. The van der Waals surface area contributed by atoms with Gasteiger partial charge in [-0.15, -0.1) is 0 Å². The lowest BCUT2D eigenvalue weighted by Crippen LogP contribution is -2.41. The number of nitrogens with one attached hydrogen (secondary N) is 1. The van der Waals surface area contributed by atoms with E-state index in [-0.39, 0.29) is 9.53 Å². The van der Waals surface area contributed by atoms with E-state index in [2.05, 4.69) is 5.32 Å². The molecule has 0 bridgehead atoms. The zero-order chi connectivity index (χ0) is 19.0. The Morgan fingerprint density at radius 2 is 1.92 bits per heavy atom. The second-order valence-electron chi connectivity index (χ2n) is 5.60. The summed E-state index contributed by atoms with van der Waals surface area (Å²) in [6.07, 6.45) is 0.330. The highest BCUT2D eigenvalue weighted by Crippen LogP contribution is 2.23. The number of hydrogen-bond donors (Lipinski definition) is 1. The number of hydrogen-bond acceptors (Lipinski definition) is 7. The average molecular weight is 388 g/mol. The monoisotopic (exact) mass is 388 g/mol. The van der Waals surface area contributed by atoms with Crippen molar-refractivity contribution >= 4 is 16.1 Å². The fourth-order valence-electron chi connectivity index (χ4n) is 2.19. The van der Waals surface area contributed by atoms with E-state index in [1.54, 1.807) is 0 Å². The molecule has 1 aliphatic rings. The maximum atomic E-state index is 12.8. The molecule has 146 valence electrons. The molecule has 1 aromatic rings. The van der Waals surface area contributed by atoms with Crippen molar-refractivity contribution in [1.29, 1.82) is 0 Å². The number of nitrogens with zero attached hydrogens (tertiary/aromatic N) is 1. The lowest BCUT2D eigenvalue weighted by atomic mass is 10.2. The van der Waals surface area contributed by atoms with Gasteiger partial charge in [0, 0.05) is 19.8 Å². The van der Waals surface area contributed by atoms with E-state index < -0.39 is 22.2 Å². The number of rotatable bonds is 8. The van der Waals surface area contributed by atoms with Crippen LogP contribution in [0.1, 0.15) is 26.2 Å². The molecule has 1 aromatic carbocycles. The lowest BCUT2D eigenvalue weighted by molar-refractivity contribution is -0.296. The summed E-state index contributed by atoms with van der Waals surface area (Å²) in [5.41, 5.74) is 0. The van der Waals surface area contributed by atoms with Gasteiger partial charge < -0.3 is 19.6 Å². The summed E-state index contributed by atoms with van der Waals surface area (Å²) in [5, 5.41) is 2.45. The Labute approximate surface area is 153 Å². The Kier molecular flexibility index (Phi) is 7.64. The second-order valence-corrected chi connectivity index (χ2v) is 7.32. The third kappa shape index (κ3) is 5.56. The topological polar surface area (TPSA) is 103 Å². The molecule has 0 saturated carbocycles. The van der Waals surface area contributed by atoms with E-state index in [1.165, 1.54) is 31.4 Å². The van der Waals surface area contributed by atoms with Crippen LogP contribution < -0.4 is 10.1 Å². The Balaban J connectivity index is 2.19. The van der Waals surface area contributed by atoms with E-state index in [4.69, 9.17) is 19.1 Å². The van der Waals surface area contributed by atoms with Crippen molar-refractivity contribution in [2.45, 2.75) is 37.2 Å². The van der Waals surface area contributed by atoms with Crippen LogP contribution in [0.3, 0.4) is 0 Å². The van der Waals surface area contributed by atoms with Crippen LogP contribution in [0.25, 0.3) is 0 Å². The number of methoxy groups -OCH3 is 1. The zero-order valence-corrected chi connectivity index (χ0v) is 15.7. The van der Waals surface area contributed by atoms with Crippen molar-refractivity contribution in [3.8, 4) is 5.75 Å². The summed E-state index contributed by atoms with van der Waals surface area (Å²) in [4.78, 5) is 22.2. The van der Waals surface area contributed by atoms with Gasteiger partial charge >= 0.3 is 6.09 Å². The summed E-state index contributed by atoms with van der Waals surface area (Å²) in [6, 6.07) is 5.69. The molecule has 0 aromatic heterocycles. The Morgan fingerprint density at radius 1 is 1.27 bits per heavy atom. The molecule has 2 rings (SSSR count). The first-order valence-corrected chi connectivity index (χ1v) is 9.81. The highest BCUT2D eigenvalue weighted by molar-refractivity contribution is 7.88. The molecule has 1 fully saturated rings. The minimum atomic E-state index is -4.21. The third-order valence-corrected chi connectivity index (χ3v) is 5.05. The summed E-state index contributed by atoms with van der Waals surface area (Å²) >= 11 is 0. The SMILES string of the molecule is CCCNC(=O)ON(OC1CCOCC1)S(=O)(=O)c1ccc(OC)cc1. The van der Waals surface area contributed by atoms with Crippen LogP contribution >= 0.6 is 0 Å². The van der Waals surface area contributed by atoms with Gasteiger partial charge in [0.25, 0.3) is 10.0 Å². The van der Waals surface area contributed by atoms with Gasteiger partial charge in [-0.1, -0.05) is 6.92 Å². The summed E-state index contributed by atoms with van der Waals surface area (Å²) in [6.45, 7) is 3.11. The first-order valence-electron chi connectivity index (χ1n) is 8.37. The highest BCUT2D eigenvalue weighted by Gasteiger charge is 2.33. The van der Waals surface area contributed by atoms with Gasteiger partial charge in [0.2, 0.25) is 0 Å². The van der Waals surface area contributed by atoms with Crippen molar-refractivity contribution in [1.82, 2.24) is 9.95 Å². The summed E-state index contributed by atoms with van der Waals surface area (Å²) in [5.74, 6) is 0.502. The number of carbonyl (C=O) groups is 1. The molecule has 0 radical (unpaired) electrons. The molecule has 1 saturated heterocycles. The number of carbonyl (C=O) groups excluding carboxylic acids is 1. The molecular formula is C16H24N2O7S. The maximum Gasteiger partial charge on any atom is 0.429 e. The molecule has 1 N–H and O–H groups in total. The van der Waals surface area contributed by atoms with E-state index in [1.807, 2.05) is 6.92 Å². The smallest absolute Gasteiger partial charge is 0.429 e. The lowest BCUT2D eigenvalue weighted by Gasteiger charge is -2.27. The van der Waals surface area contributed by atoms with Gasteiger partial charge in [-0.05, 0) is 43.5 Å². The summed E-state index contributed by atoms with van der Waals surface area (Å²) in [7, 11) is -2.74. The van der Waals surface area contributed by atoms with Crippen LogP contribution in [0, 0.1) is 0 Å². The molecule has 1 amide bonds. The normalized spacial score (nSPS) is 15.7. The molecule has 1 aliphatic heterocycles. The number of amides is 1. The fraction of sp³-hybridized carbons (Fsp3) is 0.562. The average Bonchev–Trinajstić information content (AvgIpc) is 2.66. The minimum absolute atomic E-state index is 0.0892. The maximum absolute atomic E-state index is 12.8. The molecular weight excluding hydrogens is 364 g/mol. The van der Waals surface area contributed by atoms with Crippen molar-refractivity contribution in [2.24, 2.45) is 0 Å². The highest BCUT2D eigenvalue weighted by atomic mass is 32.2. The predicted molar refractivity (Wildman–Crippen MR) is 91.7 cm³/mol. The summed E-state index contributed by atoms with van der Waals surface area (Å²) < 4.78 is 36.2. The van der Waals surface area contributed by atoms with Crippen LogP contribution in [0.4, 0.5) is 4.79 Å². The fourth-order valence-corrected chi connectivity index (χ4v) is 3.24. The van der Waals surface area contributed by atoms with Crippen molar-refractivity contribution < 1.29 is 32.4 Å².